The van der Waals surface area contributed by atoms with E-state index in [-0.39, 0.29) is 5.91 Å². The summed E-state index contributed by atoms with van der Waals surface area (Å²) in [7, 11) is 0. The van der Waals surface area contributed by atoms with E-state index in [2.05, 4.69) is 10.2 Å². The van der Waals surface area contributed by atoms with Crippen molar-refractivity contribution in [3.63, 3.8) is 0 Å². The van der Waals surface area contributed by atoms with Crippen LogP contribution >= 0.6 is 11.3 Å². The third-order valence-electron chi connectivity index (χ3n) is 4.20. The van der Waals surface area contributed by atoms with E-state index in [4.69, 9.17) is 4.74 Å². The topological polar surface area (TPSA) is 41.6 Å². The van der Waals surface area contributed by atoms with Gasteiger partial charge >= 0.3 is 0 Å². The number of thiophene rings is 1. The van der Waals surface area contributed by atoms with E-state index < -0.39 is 0 Å². The van der Waals surface area contributed by atoms with Gasteiger partial charge < -0.3 is 10.1 Å². The van der Waals surface area contributed by atoms with E-state index in [9.17, 15) is 4.79 Å². The fourth-order valence-corrected chi connectivity index (χ4v) is 3.50. The second kappa shape index (κ2) is 9.51. The fraction of sp³-hybridized carbons (Fsp3) is 0.350. The highest BCUT2D eigenvalue weighted by Crippen LogP contribution is 2.21. The molecule has 0 unspecified atom stereocenters. The van der Waals surface area contributed by atoms with Gasteiger partial charge in [0.1, 0.15) is 0 Å². The molecule has 0 bridgehead atoms. The molecule has 5 heteroatoms. The van der Waals surface area contributed by atoms with Crippen LogP contribution in [0.2, 0.25) is 0 Å². The van der Waals surface area contributed by atoms with Crippen molar-refractivity contribution >= 4 is 28.9 Å². The summed E-state index contributed by atoms with van der Waals surface area (Å²) in [5.74, 6) is -0.0124. The molecule has 3 rings (SSSR count). The summed E-state index contributed by atoms with van der Waals surface area (Å²) in [5.41, 5.74) is 1.66. The fourth-order valence-electron chi connectivity index (χ4n) is 2.84. The zero-order valence-corrected chi connectivity index (χ0v) is 15.1. The third kappa shape index (κ3) is 5.53. The molecule has 0 spiro atoms. The largest absolute Gasteiger partial charge is 0.379 e. The van der Waals surface area contributed by atoms with Crippen molar-refractivity contribution in [3.8, 4) is 0 Å². The van der Waals surface area contributed by atoms with E-state index in [1.165, 1.54) is 0 Å². The molecule has 1 N–H and O–H groups in total. The molecule has 1 aliphatic heterocycles. The first-order chi connectivity index (χ1) is 12.3. The molecule has 0 saturated carbocycles. The maximum absolute atomic E-state index is 12.7. The number of rotatable bonds is 7. The van der Waals surface area contributed by atoms with E-state index in [1.807, 2.05) is 53.9 Å². The Morgan fingerprint density at radius 2 is 1.96 bits per heavy atom. The summed E-state index contributed by atoms with van der Waals surface area (Å²) in [4.78, 5) is 16.2. The number of morpholine rings is 1. The van der Waals surface area contributed by atoms with Crippen molar-refractivity contribution in [1.82, 2.24) is 10.2 Å². The van der Waals surface area contributed by atoms with Crippen LogP contribution in [0.3, 0.4) is 0 Å². The van der Waals surface area contributed by atoms with Crippen LogP contribution in [-0.2, 0) is 9.53 Å². The van der Waals surface area contributed by atoms with Crippen LogP contribution < -0.4 is 5.32 Å². The van der Waals surface area contributed by atoms with Crippen molar-refractivity contribution in [2.24, 2.45) is 0 Å². The highest BCUT2D eigenvalue weighted by Gasteiger charge is 2.13. The Kier molecular flexibility index (Phi) is 6.79. The van der Waals surface area contributed by atoms with Gasteiger partial charge in [0.05, 0.1) is 13.2 Å². The number of ether oxygens (including phenoxy) is 1. The molecule has 132 valence electrons. The second-order valence-corrected chi connectivity index (χ2v) is 6.98. The SMILES string of the molecule is O=C(NCCCN1CCOCC1)/C(=C/c1cccs1)c1ccccc1. The van der Waals surface area contributed by atoms with E-state index in [0.29, 0.717) is 6.54 Å². The maximum atomic E-state index is 12.7. The highest BCUT2D eigenvalue weighted by molar-refractivity contribution is 7.11. The summed E-state index contributed by atoms with van der Waals surface area (Å²) in [5, 5.41) is 5.10. The van der Waals surface area contributed by atoms with Gasteiger partial charge in [0.2, 0.25) is 0 Å². The summed E-state index contributed by atoms with van der Waals surface area (Å²) >= 11 is 1.64. The van der Waals surface area contributed by atoms with Gasteiger partial charge in [0, 0.05) is 30.1 Å². The molecule has 0 radical (unpaired) electrons. The molecular weight excluding hydrogens is 332 g/mol. The van der Waals surface area contributed by atoms with Gasteiger partial charge in [0.15, 0.2) is 0 Å². The minimum Gasteiger partial charge on any atom is -0.379 e. The van der Waals surface area contributed by atoms with Gasteiger partial charge in [-0.1, -0.05) is 36.4 Å². The average molecular weight is 356 g/mol. The van der Waals surface area contributed by atoms with E-state index in [1.54, 1.807) is 11.3 Å². The quantitative estimate of drug-likeness (QED) is 0.612. The molecule has 1 fully saturated rings. The van der Waals surface area contributed by atoms with Gasteiger partial charge in [-0.05, 0) is 36.1 Å². The lowest BCUT2D eigenvalue weighted by atomic mass is 10.0. The summed E-state index contributed by atoms with van der Waals surface area (Å²) < 4.78 is 5.36. The lowest BCUT2D eigenvalue weighted by Crippen LogP contribution is -2.38. The number of benzene rings is 1. The number of carbonyl (C=O) groups excluding carboxylic acids is 1. The maximum Gasteiger partial charge on any atom is 0.251 e. The zero-order chi connectivity index (χ0) is 17.3. The van der Waals surface area contributed by atoms with Crippen LogP contribution in [0.1, 0.15) is 16.9 Å². The van der Waals surface area contributed by atoms with Gasteiger partial charge in [-0.15, -0.1) is 11.3 Å². The lowest BCUT2D eigenvalue weighted by Gasteiger charge is -2.26. The monoisotopic (exact) mass is 356 g/mol. The Hall–Kier alpha value is -1.95. The van der Waals surface area contributed by atoms with Crippen LogP contribution in [-0.4, -0.2) is 50.2 Å². The second-order valence-electron chi connectivity index (χ2n) is 6.00. The smallest absolute Gasteiger partial charge is 0.251 e. The molecule has 2 heterocycles. The Bertz CT molecular complexity index is 677. The molecule has 1 aromatic heterocycles. The third-order valence-corrected chi connectivity index (χ3v) is 5.02. The predicted octanol–water partition coefficient (Wildman–Crippen LogP) is 3.13. The predicted molar refractivity (Wildman–Crippen MR) is 104 cm³/mol. The highest BCUT2D eigenvalue weighted by atomic mass is 32.1. The molecule has 1 saturated heterocycles. The first kappa shape index (κ1) is 17.9. The molecule has 4 nitrogen and oxygen atoms in total. The van der Waals surface area contributed by atoms with Crippen molar-refractivity contribution in [2.75, 3.05) is 39.4 Å². The summed E-state index contributed by atoms with van der Waals surface area (Å²) in [6, 6.07) is 13.9. The van der Waals surface area contributed by atoms with Crippen molar-refractivity contribution in [1.29, 1.82) is 0 Å². The number of carbonyl (C=O) groups is 1. The molecule has 1 aromatic carbocycles. The van der Waals surface area contributed by atoms with Crippen molar-refractivity contribution in [3.05, 3.63) is 58.3 Å². The normalized spacial score (nSPS) is 15.9. The van der Waals surface area contributed by atoms with Crippen LogP contribution in [0.5, 0.6) is 0 Å². The minimum atomic E-state index is -0.0124. The number of nitrogens with zero attached hydrogens (tertiary/aromatic N) is 1. The number of nitrogens with one attached hydrogen (secondary N) is 1. The Balaban J connectivity index is 1.58. The zero-order valence-electron chi connectivity index (χ0n) is 14.3. The lowest BCUT2D eigenvalue weighted by molar-refractivity contribution is -0.115. The molecule has 1 aliphatic rings. The van der Waals surface area contributed by atoms with Gasteiger partial charge in [0.25, 0.3) is 5.91 Å². The number of hydrogen-bond donors (Lipinski definition) is 1. The van der Waals surface area contributed by atoms with Crippen molar-refractivity contribution in [2.45, 2.75) is 6.42 Å². The summed E-state index contributed by atoms with van der Waals surface area (Å²) in [6.45, 7) is 5.29. The van der Waals surface area contributed by atoms with Crippen molar-refractivity contribution < 1.29 is 9.53 Å². The molecule has 0 atom stereocenters. The first-order valence-electron chi connectivity index (χ1n) is 8.72. The van der Waals surface area contributed by atoms with Crippen LogP contribution in [0, 0.1) is 0 Å². The van der Waals surface area contributed by atoms with Crippen LogP contribution in [0.15, 0.2) is 47.8 Å². The molecule has 0 aliphatic carbocycles. The molecular formula is C20H24N2O2S. The molecule has 2 aromatic rings. The van der Waals surface area contributed by atoms with Crippen LogP contribution in [0.4, 0.5) is 0 Å². The number of amides is 1. The average Bonchev–Trinajstić information content (AvgIpc) is 3.18. The van der Waals surface area contributed by atoms with Crippen LogP contribution in [0.25, 0.3) is 11.6 Å². The Morgan fingerprint density at radius 3 is 2.68 bits per heavy atom. The Labute approximate surface area is 153 Å². The van der Waals surface area contributed by atoms with E-state index >= 15 is 0 Å². The first-order valence-corrected chi connectivity index (χ1v) is 9.60. The molecule has 25 heavy (non-hydrogen) atoms. The Morgan fingerprint density at radius 1 is 1.16 bits per heavy atom. The standard InChI is InChI=1S/C20H24N2O2S/c23-20(21-9-5-10-22-11-13-24-14-12-22)19(16-18-8-4-15-25-18)17-6-2-1-3-7-17/h1-4,6-8,15-16H,5,9-14H2,(H,21,23)/b19-16+. The van der Waals surface area contributed by atoms with Gasteiger partial charge in [-0.25, -0.2) is 0 Å². The van der Waals surface area contributed by atoms with Gasteiger partial charge in [-0.3, -0.25) is 9.69 Å². The van der Waals surface area contributed by atoms with E-state index in [0.717, 1.165) is 55.3 Å². The molecule has 1 amide bonds. The number of hydrogen-bond acceptors (Lipinski definition) is 4. The minimum absolute atomic E-state index is 0.0124. The summed E-state index contributed by atoms with van der Waals surface area (Å²) in [6.07, 6.45) is 2.92. The van der Waals surface area contributed by atoms with Gasteiger partial charge in [-0.2, -0.15) is 0 Å².